The summed E-state index contributed by atoms with van der Waals surface area (Å²) in [7, 11) is 1.47. The lowest BCUT2D eigenvalue weighted by Gasteiger charge is -2.24. The van der Waals surface area contributed by atoms with Crippen molar-refractivity contribution in [2.24, 2.45) is 0 Å². The third kappa shape index (κ3) is 60.7. The Morgan fingerprint density at radius 2 is 0.750 bits per heavy atom. The normalized spacial score (nSPS) is 13.7. The first kappa shape index (κ1) is 73.5. The third-order valence-electron chi connectivity index (χ3n) is 13.7. The molecule has 0 spiro atoms. The second kappa shape index (κ2) is 57.1. The predicted octanol–water partition coefficient (Wildman–Crippen LogP) is 20.0. The topological polar surface area (TPSA) is 108 Å². The van der Waals surface area contributed by atoms with Gasteiger partial charge in [0.15, 0.2) is 6.10 Å². The van der Waals surface area contributed by atoms with E-state index in [4.69, 9.17) is 18.5 Å². The summed E-state index contributed by atoms with van der Waals surface area (Å²) in [5, 5.41) is 0. The van der Waals surface area contributed by atoms with Gasteiger partial charge in [-0.2, -0.15) is 0 Å². The molecule has 10 heteroatoms. The smallest absolute Gasteiger partial charge is 0.462 e. The van der Waals surface area contributed by atoms with E-state index in [0.717, 1.165) is 83.5 Å². The van der Waals surface area contributed by atoms with Crippen molar-refractivity contribution >= 4 is 19.8 Å². The van der Waals surface area contributed by atoms with Crippen LogP contribution in [0.1, 0.15) is 284 Å². The standard InChI is InChI=1S/C66H120NO8P/c1-6-8-10-12-14-16-18-20-22-23-24-25-26-27-28-29-30-31-32-33-34-35-36-37-38-39-40-41-42-43-45-47-49-51-53-55-57-59-66(69)75-64(63-74-76(70,71)73-61-60-67(3,4)5)62-72-65(68)58-56-54-52-50-48-46-44-21-19-17-15-13-11-9-7-2/h8,10,14-17,20-22,24-25,44,64H,6-7,9,11-13,18-19,23,26-43,45-63H2,1-5H3/p+1/b10-8-,16-14-,17-15-,22-20-,25-24-,44-21-. The van der Waals surface area contributed by atoms with Crippen LogP contribution in [0.2, 0.25) is 0 Å². The Bertz CT molecular complexity index is 1510. The molecule has 0 aromatic carbocycles. The molecular weight excluding hydrogens is 966 g/mol. The van der Waals surface area contributed by atoms with Gasteiger partial charge in [-0.1, -0.05) is 260 Å². The summed E-state index contributed by atoms with van der Waals surface area (Å²) < 4.78 is 34.6. The van der Waals surface area contributed by atoms with Crippen molar-refractivity contribution in [1.82, 2.24) is 0 Å². The molecule has 0 fully saturated rings. The van der Waals surface area contributed by atoms with Crippen LogP contribution in [0.25, 0.3) is 0 Å². The largest absolute Gasteiger partial charge is 0.472 e. The molecule has 2 atom stereocenters. The van der Waals surface area contributed by atoms with E-state index in [0.29, 0.717) is 17.4 Å². The van der Waals surface area contributed by atoms with Gasteiger partial charge in [-0.05, 0) is 83.5 Å². The minimum Gasteiger partial charge on any atom is -0.462 e. The van der Waals surface area contributed by atoms with Gasteiger partial charge in [0.25, 0.3) is 0 Å². The van der Waals surface area contributed by atoms with E-state index in [-0.39, 0.29) is 32.0 Å². The number of allylic oxidation sites excluding steroid dienone is 12. The lowest BCUT2D eigenvalue weighted by Crippen LogP contribution is -2.37. The fourth-order valence-corrected chi connectivity index (χ4v) is 9.60. The Morgan fingerprint density at radius 3 is 1.12 bits per heavy atom. The zero-order chi connectivity index (χ0) is 55.6. The number of hydrogen-bond donors (Lipinski definition) is 1. The Morgan fingerprint density at radius 1 is 0.421 bits per heavy atom. The first-order valence-corrected chi connectivity index (χ1v) is 33.2. The molecule has 0 aliphatic rings. The molecule has 1 N–H and O–H groups in total. The van der Waals surface area contributed by atoms with Gasteiger partial charge in [0.1, 0.15) is 19.8 Å². The van der Waals surface area contributed by atoms with Crippen LogP contribution in [-0.4, -0.2) is 74.9 Å². The number of hydrogen-bond acceptors (Lipinski definition) is 7. The molecule has 0 amide bonds. The monoisotopic (exact) mass is 1090 g/mol. The summed E-state index contributed by atoms with van der Waals surface area (Å²) in [6, 6.07) is 0. The maximum Gasteiger partial charge on any atom is 0.472 e. The van der Waals surface area contributed by atoms with Crippen molar-refractivity contribution in [2.75, 3.05) is 47.5 Å². The van der Waals surface area contributed by atoms with Gasteiger partial charge < -0.3 is 18.9 Å². The van der Waals surface area contributed by atoms with Crippen LogP contribution >= 0.6 is 7.82 Å². The van der Waals surface area contributed by atoms with E-state index < -0.39 is 26.5 Å². The highest BCUT2D eigenvalue weighted by Crippen LogP contribution is 2.43. The van der Waals surface area contributed by atoms with Crippen LogP contribution in [0.5, 0.6) is 0 Å². The average Bonchev–Trinajstić information content (AvgIpc) is 3.38. The lowest BCUT2D eigenvalue weighted by atomic mass is 10.0. The Kier molecular flexibility index (Phi) is 55.2. The van der Waals surface area contributed by atoms with Crippen molar-refractivity contribution in [1.29, 1.82) is 0 Å². The Balaban J connectivity index is 3.95. The molecule has 0 aromatic heterocycles. The number of esters is 2. The molecule has 0 radical (unpaired) electrons. The number of rotatable bonds is 58. The maximum absolute atomic E-state index is 12.8. The molecule has 0 saturated heterocycles. The van der Waals surface area contributed by atoms with Crippen molar-refractivity contribution in [3.63, 3.8) is 0 Å². The SMILES string of the molecule is CC/C=C\C/C=C\C/C=C\C/C=C\CCCCCCCCCCCCCCCCCCCCCCCCCCC(=O)OC(COC(=O)CCCCCCC/C=C\C/C=C\CCCCC)COP(=O)(O)OCC[N+](C)(C)C. The lowest BCUT2D eigenvalue weighted by molar-refractivity contribution is -0.870. The Hall–Kier alpha value is -2.55. The number of carbonyl (C=O) groups is 2. The second-order valence-corrected chi connectivity index (χ2v) is 23.9. The zero-order valence-corrected chi connectivity index (χ0v) is 51.1. The van der Waals surface area contributed by atoms with E-state index in [1.165, 1.54) is 167 Å². The van der Waals surface area contributed by atoms with E-state index in [9.17, 15) is 19.0 Å². The fraction of sp³-hybridized carbons (Fsp3) is 0.788. The Labute approximate surface area is 469 Å². The molecule has 0 bridgehead atoms. The minimum atomic E-state index is -4.39. The number of carbonyl (C=O) groups excluding carboxylic acids is 2. The summed E-state index contributed by atoms with van der Waals surface area (Å²) in [5.41, 5.74) is 0. The predicted molar refractivity (Wildman–Crippen MR) is 326 cm³/mol. The second-order valence-electron chi connectivity index (χ2n) is 22.4. The summed E-state index contributed by atoms with van der Waals surface area (Å²) in [5.74, 6) is -0.804. The zero-order valence-electron chi connectivity index (χ0n) is 50.2. The first-order valence-electron chi connectivity index (χ1n) is 31.7. The van der Waals surface area contributed by atoms with Crippen molar-refractivity contribution in [3.05, 3.63) is 72.9 Å². The number of quaternary nitrogens is 1. The van der Waals surface area contributed by atoms with Crippen LogP contribution in [0.3, 0.4) is 0 Å². The quantitative estimate of drug-likeness (QED) is 0.0211. The molecule has 2 unspecified atom stereocenters. The molecule has 9 nitrogen and oxygen atoms in total. The van der Waals surface area contributed by atoms with Crippen LogP contribution < -0.4 is 0 Å². The fourth-order valence-electron chi connectivity index (χ4n) is 8.86. The number of phosphoric ester groups is 1. The summed E-state index contributed by atoms with van der Waals surface area (Å²) in [6.07, 6.45) is 75.8. The molecule has 76 heavy (non-hydrogen) atoms. The van der Waals surface area contributed by atoms with Crippen molar-refractivity contribution in [3.8, 4) is 0 Å². The number of nitrogens with zero attached hydrogens (tertiary/aromatic N) is 1. The minimum absolute atomic E-state index is 0.0292. The molecule has 0 heterocycles. The van der Waals surface area contributed by atoms with E-state index >= 15 is 0 Å². The summed E-state index contributed by atoms with van der Waals surface area (Å²) in [4.78, 5) is 35.7. The maximum atomic E-state index is 12.8. The highest BCUT2D eigenvalue weighted by Gasteiger charge is 2.27. The van der Waals surface area contributed by atoms with E-state index in [2.05, 4.69) is 86.8 Å². The highest BCUT2D eigenvalue weighted by atomic mass is 31.2. The molecule has 0 aliphatic heterocycles. The van der Waals surface area contributed by atoms with Gasteiger partial charge in [-0.25, -0.2) is 4.57 Å². The number of likely N-dealkylation sites (N-methyl/N-ethyl adjacent to an activating group) is 1. The molecule has 0 aliphatic carbocycles. The molecular formula is C66H121NO8P+. The number of unbranched alkanes of at least 4 members (excludes halogenated alkanes) is 32. The number of phosphoric acid groups is 1. The third-order valence-corrected chi connectivity index (χ3v) is 14.7. The van der Waals surface area contributed by atoms with Gasteiger partial charge >= 0.3 is 19.8 Å². The summed E-state index contributed by atoms with van der Waals surface area (Å²) >= 11 is 0. The summed E-state index contributed by atoms with van der Waals surface area (Å²) in [6.45, 7) is 4.30. The van der Waals surface area contributed by atoms with Gasteiger partial charge in [-0.15, -0.1) is 0 Å². The first-order chi connectivity index (χ1) is 37.0. The van der Waals surface area contributed by atoms with Gasteiger partial charge in [0.2, 0.25) is 0 Å². The highest BCUT2D eigenvalue weighted by molar-refractivity contribution is 7.47. The van der Waals surface area contributed by atoms with Gasteiger partial charge in [-0.3, -0.25) is 18.6 Å². The van der Waals surface area contributed by atoms with E-state index in [1.807, 2.05) is 21.1 Å². The molecule has 0 rings (SSSR count). The molecule has 0 aromatic rings. The van der Waals surface area contributed by atoms with Crippen LogP contribution in [0.4, 0.5) is 0 Å². The molecule has 0 saturated carbocycles. The average molecular weight is 1090 g/mol. The van der Waals surface area contributed by atoms with Crippen molar-refractivity contribution in [2.45, 2.75) is 290 Å². The van der Waals surface area contributed by atoms with Crippen molar-refractivity contribution < 1.29 is 42.1 Å². The van der Waals surface area contributed by atoms with Crippen LogP contribution in [0.15, 0.2) is 72.9 Å². The van der Waals surface area contributed by atoms with Gasteiger partial charge in [0, 0.05) is 12.8 Å². The van der Waals surface area contributed by atoms with Crippen LogP contribution in [0, 0.1) is 0 Å². The van der Waals surface area contributed by atoms with Crippen LogP contribution in [-0.2, 0) is 32.7 Å². The molecule has 442 valence electrons. The van der Waals surface area contributed by atoms with E-state index in [1.54, 1.807) is 0 Å². The van der Waals surface area contributed by atoms with Gasteiger partial charge in [0.05, 0.1) is 27.7 Å². The number of ether oxygens (including phenoxy) is 2.